The van der Waals surface area contributed by atoms with Gasteiger partial charge < -0.3 is 15.6 Å². The Bertz CT molecular complexity index is 180. The molecule has 0 saturated heterocycles. The minimum atomic E-state index is -4.59. The molecule has 0 aromatic carbocycles. The van der Waals surface area contributed by atoms with Crippen LogP contribution in [0.15, 0.2) is 0 Å². The summed E-state index contributed by atoms with van der Waals surface area (Å²) in [5, 5.41) is 8.60. The maximum atomic E-state index is 11.8. The summed E-state index contributed by atoms with van der Waals surface area (Å²) >= 11 is 0. The molecule has 1 rings (SSSR count). The van der Waals surface area contributed by atoms with Gasteiger partial charge in [0.05, 0.1) is 12.7 Å². The highest BCUT2D eigenvalue weighted by molar-refractivity contribution is 4.81. The summed E-state index contributed by atoms with van der Waals surface area (Å²) in [5.41, 5.74) is 5.34. The summed E-state index contributed by atoms with van der Waals surface area (Å²) in [6, 6.07) is 0. The highest BCUT2D eigenvalue weighted by Crippen LogP contribution is 2.30. The third-order valence-electron chi connectivity index (χ3n) is 2.39. The minimum absolute atomic E-state index is 0.166. The van der Waals surface area contributed by atoms with Crippen LogP contribution in [0.1, 0.15) is 12.8 Å². The van der Waals surface area contributed by atoms with Gasteiger partial charge in [0.25, 0.3) is 0 Å². The summed E-state index contributed by atoms with van der Waals surface area (Å²) in [6.45, 7) is -0.132. The molecule has 84 valence electrons. The number of rotatable bonds is 4. The topological polar surface area (TPSA) is 55.5 Å². The van der Waals surface area contributed by atoms with Crippen molar-refractivity contribution in [2.24, 2.45) is 11.7 Å². The summed E-state index contributed by atoms with van der Waals surface area (Å²) in [6.07, 6.45) is -5.74. The fourth-order valence-electron chi connectivity index (χ4n) is 1.32. The highest BCUT2D eigenvalue weighted by atomic mass is 19.4. The molecule has 14 heavy (non-hydrogen) atoms. The van der Waals surface area contributed by atoms with Gasteiger partial charge in [0.15, 0.2) is 6.10 Å². The van der Waals surface area contributed by atoms with Crippen LogP contribution in [0.5, 0.6) is 0 Å². The molecule has 3 N–H and O–H groups in total. The fourth-order valence-corrected chi connectivity index (χ4v) is 1.32. The number of nitrogens with two attached hydrogens (primary N) is 1. The quantitative estimate of drug-likeness (QED) is 0.721. The van der Waals surface area contributed by atoms with E-state index in [0.29, 0.717) is 25.3 Å². The Hall–Kier alpha value is -0.330. The van der Waals surface area contributed by atoms with Gasteiger partial charge in [-0.3, -0.25) is 0 Å². The molecule has 1 unspecified atom stereocenters. The van der Waals surface area contributed by atoms with Gasteiger partial charge in [-0.2, -0.15) is 13.2 Å². The molecule has 0 radical (unpaired) electrons. The first kappa shape index (κ1) is 11.7. The van der Waals surface area contributed by atoms with Crippen molar-refractivity contribution in [3.63, 3.8) is 0 Å². The van der Waals surface area contributed by atoms with Crippen LogP contribution in [0.4, 0.5) is 13.2 Å². The van der Waals surface area contributed by atoms with Gasteiger partial charge in [0, 0.05) is 0 Å². The molecule has 0 aliphatic heterocycles. The maximum Gasteiger partial charge on any atom is 0.416 e. The van der Waals surface area contributed by atoms with Crippen molar-refractivity contribution in [1.82, 2.24) is 0 Å². The Morgan fingerprint density at radius 2 is 2.00 bits per heavy atom. The van der Waals surface area contributed by atoms with Crippen LogP contribution in [0.3, 0.4) is 0 Å². The third kappa shape index (κ3) is 3.11. The summed E-state index contributed by atoms with van der Waals surface area (Å²) < 4.78 is 40.3. The van der Waals surface area contributed by atoms with Crippen LogP contribution < -0.4 is 5.73 Å². The van der Waals surface area contributed by atoms with E-state index in [1.165, 1.54) is 0 Å². The van der Waals surface area contributed by atoms with E-state index in [1.54, 1.807) is 0 Å². The molecule has 0 aromatic heterocycles. The van der Waals surface area contributed by atoms with Crippen molar-refractivity contribution in [3.8, 4) is 0 Å². The van der Waals surface area contributed by atoms with Crippen molar-refractivity contribution >= 4 is 0 Å². The van der Waals surface area contributed by atoms with Gasteiger partial charge >= 0.3 is 6.18 Å². The van der Waals surface area contributed by atoms with E-state index in [0.717, 1.165) is 0 Å². The predicted molar refractivity (Wildman–Crippen MR) is 43.6 cm³/mol. The second kappa shape index (κ2) is 4.46. The number of hydrogen-bond acceptors (Lipinski definition) is 3. The predicted octanol–water partition coefficient (Wildman–Crippen LogP) is 0.663. The number of aliphatic hydroxyl groups is 1. The molecule has 3 nitrogen and oxygen atoms in total. The van der Waals surface area contributed by atoms with Gasteiger partial charge in [-0.05, 0) is 25.3 Å². The van der Waals surface area contributed by atoms with E-state index in [2.05, 4.69) is 0 Å². The van der Waals surface area contributed by atoms with Crippen molar-refractivity contribution in [1.29, 1.82) is 0 Å². The molecule has 1 aliphatic carbocycles. The van der Waals surface area contributed by atoms with E-state index in [-0.39, 0.29) is 6.10 Å². The van der Waals surface area contributed by atoms with Gasteiger partial charge in [0.1, 0.15) is 0 Å². The smallest absolute Gasteiger partial charge is 0.382 e. The highest BCUT2D eigenvalue weighted by Gasteiger charge is 2.39. The van der Waals surface area contributed by atoms with E-state index in [1.807, 2.05) is 0 Å². The number of alkyl halides is 3. The lowest BCUT2D eigenvalue weighted by molar-refractivity contribution is -0.224. The molecule has 0 amide bonds. The van der Waals surface area contributed by atoms with E-state index in [4.69, 9.17) is 15.6 Å². The van der Waals surface area contributed by atoms with Gasteiger partial charge in [0.2, 0.25) is 0 Å². The molecule has 1 saturated carbocycles. The Kier molecular flexibility index (Phi) is 3.74. The van der Waals surface area contributed by atoms with Crippen LogP contribution in [0.25, 0.3) is 0 Å². The monoisotopic (exact) mass is 213 g/mol. The molecular formula is C8H14F3NO2. The van der Waals surface area contributed by atoms with Crippen LogP contribution in [-0.4, -0.2) is 36.6 Å². The molecule has 6 heteroatoms. The molecule has 0 aromatic rings. The summed E-state index contributed by atoms with van der Waals surface area (Å²) in [5.74, 6) is 0.364. The fraction of sp³-hybridized carbons (Fsp3) is 1.00. The third-order valence-corrected chi connectivity index (χ3v) is 2.39. The Balaban J connectivity index is 2.11. The van der Waals surface area contributed by atoms with Crippen LogP contribution in [0.2, 0.25) is 0 Å². The number of aliphatic hydroxyl groups excluding tert-OH is 1. The van der Waals surface area contributed by atoms with Crippen LogP contribution >= 0.6 is 0 Å². The summed E-state index contributed by atoms with van der Waals surface area (Å²) in [4.78, 5) is 0. The van der Waals surface area contributed by atoms with E-state index in [9.17, 15) is 13.2 Å². The van der Waals surface area contributed by atoms with Crippen LogP contribution in [-0.2, 0) is 4.74 Å². The second-order valence-electron chi connectivity index (χ2n) is 3.59. The summed E-state index contributed by atoms with van der Waals surface area (Å²) in [7, 11) is 0. The Morgan fingerprint density at radius 1 is 1.43 bits per heavy atom. The standard InChI is InChI=1S/C8H14F3NO2/c9-8(10,11)7(13)4-14-6-1-5(2-6)3-12/h5-7,13H,1-4,12H2. The minimum Gasteiger partial charge on any atom is -0.382 e. The van der Waals surface area contributed by atoms with Crippen LogP contribution in [0, 0.1) is 5.92 Å². The Morgan fingerprint density at radius 3 is 2.43 bits per heavy atom. The molecule has 0 heterocycles. The number of halogens is 3. The molecule has 0 spiro atoms. The first-order chi connectivity index (χ1) is 6.43. The van der Waals surface area contributed by atoms with E-state index >= 15 is 0 Å². The maximum absolute atomic E-state index is 11.8. The van der Waals surface area contributed by atoms with E-state index < -0.39 is 18.9 Å². The largest absolute Gasteiger partial charge is 0.416 e. The Labute approximate surface area is 80.0 Å². The molecule has 1 aliphatic rings. The van der Waals surface area contributed by atoms with Crippen molar-refractivity contribution < 1.29 is 23.0 Å². The SMILES string of the molecule is NCC1CC(OCC(O)C(F)(F)F)C1. The van der Waals surface area contributed by atoms with Gasteiger partial charge in [-0.25, -0.2) is 0 Å². The first-order valence-corrected chi connectivity index (χ1v) is 4.50. The molecule has 1 atom stereocenters. The molecular weight excluding hydrogens is 199 g/mol. The lowest BCUT2D eigenvalue weighted by Crippen LogP contribution is -2.40. The lowest BCUT2D eigenvalue weighted by atomic mass is 9.82. The lowest BCUT2D eigenvalue weighted by Gasteiger charge is -2.34. The molecule has 1 fully saturated rings. The second-order valence-corrected chi connectivity index (χ2v) is 3.59. The average molecular weight is 213 g/mol. The normalized spacial score (nSPS) is 29.8. The zero-order valence-electron chi connectivity index (χ0n) is 7.63. The molecule has 0 bridgehead atoms. The van der Waals surface area contributed by atoms with Crippen molar-refractivity contribution in [2.75, 3.05) is 13.2 Å². The zero-order chi connectivity index (χ0) is 10.8. The number of ether oxygens (including phenoxy) is 1. The van der Waals surface area contributed by atoms with Crippen molar-refractivity contribution in [2.45, 2.75) is 31.2 Å². The average Bonchev–Trinajstić information content (AvgIpc) is 1.99. The van der Waals surface area contributed by atoms with Crippen molar-refractivity contribution in [3.05, 3.63) is 0 Å². The number of hydrogen-bond donors (Lipinski definition) is 2. The van der Waals surface area contributed by atoms with Gasteiger partial charge in [-0.15, -0.1) is 0 Å². The van der Waals surface area contributed by atoms with Gasteiger partial charge in [-0.1, -0.05) is 0 Å². The zero-order valence-corrected chi connectivity index (χ0v) is 7.63. The first-order valence-electron chi connectivity index (χ1n) is 4.50.